The van der Waals surface area contributed by atoms with Crippen molar-refractivity contribution in [2.45, 2.75) is 13.5 Å². The molecule has 2 rings (SSSR count). The molecule has 0 fully saturated rings. The van der Waals surface area contributed by atoms with Crippen molar-refractivity contribution in [2.24, 2.45) is 0 Å². The number of methoxy groups -OCH3 is 1. The summed E-state index contributed by atoms with van der Waals surface area (Å²) in [5, 5.41) is 3.54. The molecule has 2 heterocycles. The third kappa shape index (κ3) is 3.26. The van der Waals surface area contributed by atoms with E-state index in [1.54, 1.807) is 31.3 Å². The quantitative estimate of drug-likeness (QED) is 0.689. The molecule has 0 aliphatic carbocycles. The van der Waals surface area contributed by atoms with Crippen LogP contribution in [0.3, 0.4) is 0 Å². The van der Waals surface area contributed by atoms with E-state index in [-0.39, 0.29) is 0 Å². The van der Waals surface area contributed by atoms with E-state index in [2.05, 4.69) is 15.0 Å². The van der Waals surface area contributed by atoms with Gasteiger partial charge in [0.15, 0.2) is 0 Å². The number of nitrogens with zero attached hydrogens (tertiary/aromatic N) is 1. The lowest BCUT2D eigenvalue weighted by molar-refractivity contribution is 0.0599. The number of halogens is 1. The van der Waals surface area contributed by atoms with Gasteiger partial charge in [-0.15, -0.1) is 0 Å². The van der Waals surface area contributed by atoms with Gasteiger partial charge in [-0.25, -0.2) is 9.78 Å². The molecule has 0 aliphatic heterocycles. The van der Waals surface area contributed by atoms with Crippen LogP contribution in [0.25, 0.3) is 0 Å². The van der Waals surface area contributed by atoms with Gasteiger partial charge in [0.05, 0.1) is 13.7 Å². The van der Waals surface area contributed by atoms with Gasteiger partial charge in [0.25, 0.3) is 0 Å². The molecule has 1 N–H and O–H groups in total. The van der Waals surface area contributed by atoms with E-state index in [1.807, 2.05) is 0 Å². The molecule has 0 atom stereocenters. The molecule has 100 valence electrons. The van der Waals surface area contributed by atoms with E-state index in [1.165, 1.54) is 7.11 Å². The van der Waals surface area contributed by atoms with Gasteiger partial charge in [0, 0.05) is 11.9 Å². The molecular weight excluding hydrogens is 268 g/mol. The van der Waals surface area contributed by atoms with Crippen LogP contribution in [0, 0.1) is 6.92 Å². The minimum atomic E-state index is -0.403. The highest BCUT2D eigenvalue weighted by Gasteiger charge is 2.14. The van der Waals surface area contributed by atoms with Crippen LogP contribution < -0.4 is 5.32 Å². The number of carbonyl (C=O) groups excluding carboxylic acids is 1. The number of furan rings is 1. The molecule has 2 aromatic rings. The van der Waals surface area contributed by atoms with Crippen LogP contribution in [0.2, 0.25) is 5.15 Å². The van der Waals surface area contributed by atoms with Crippen LogP contribution in [0.15, 0.2) is 28.8 Å². The Morgan fingerprint density at radius 3 is 3.00 bits per heavy atom. The van der Waals surface area contributed by atoms with Crippen LogP contribution in [0.1, 0.15) is 21.9 Å². The zero-order chi connectivity index (χ0) is 13.8. The van der Waals surface area contributed by atoms with E-state index in [4.69, 9.17) is 16.0 Å². The van der Waals surface area contributed by atoms with E-state index in [0.29, 0.717) is 28.8 Å². The largest absolute Gasteiger partial charge is 0.465 e. The molecule has 0 saturated heterocycles. The second-order valence-electron chi connectivity index (χ2n) is 3.89. The Labute approximate surface area is 115 Å². The number of nitrogens with one attached hydrogen (secondary N) is 1. The van der Waals surface area contributed by atoms with Gasteiger partial charge in [-0.05, 0) is 25.1 Å². The number of aromatic nitrogens is 1. The third-order valence-electron chi connectivity index (χ3n) is 2.57. The lowest BCUT2D eigenvalue weighted by atomic mass is 10.2. The number of ether oxygens (including phenoxy) is 1. The average molecular weight is 281 g/mol. The van der Waals surface area contributed by atoms with Crippen LogP contribution in [0.4, 0.5) is 5.69 Å². The summed E-state index contributed by atoms with van der Waals surface area (Å²) in [6.45, 7) is 2.16. The highest BCUT2D eigenvalue weighted by molar-refractivity contribution is 6.29. The van der Waals surface area contributed by atoms with Gasteiger partial charge >= 0.3 is 5.97 Å². The van der Waals surface area contributed by atoms with Crippen LogP contribution in [-0.4, -0.2) is 18.1 Å². The smallest absolute Gasteiger partial charge is 0.341 e. The topological polar surface area (TPSA) is 64.4 Å². The summed E-state index contributed by atoms with van der Waals surface area (Å²) in [5.41, 5.74) is 1.26. The maximum atomic E-state index is 11.4. The fraction of sp³-hybridized carbons (Fsp3) is 0.231. The molecule has 0 unspecified atom stereocenters. The van der Waals surface area contributed by atoms with Crippen LogP contribution in [0.5, 0.6) is 0 Å². The summed E-state index contributed by atoms with van der Waals surface area (Å²) in [7, 11) is 1.34. The Hall–Kier alpha value is -2.01. The number of carbonyl (C=O) groups is 1. The minimum absolute atomic E-state index is 0.403. The molecule has 0 radical (unpaired) electrons. The summed E-state index contributed by atoms with van der Waals surface area (Å²) in [4.78, 5) is 15.3. The normalized spacial score (nSPS) is 10.3. The van der Waals surface area contributed by atoms with Gasteiger partial charge in [-0.3, -0.25) is 0 Å². The van der Waals surface area contributed by atoms with Crippen molar-refractivity contribution in [3.8, 4) is 0 Å². The molecule has 0 saturated carbocycles. The summed E-state index contributed by atoms with van der Waals surface area (Å²) >= 11 is 5.78. The van der Waals surface area contributed by atoms with Crippen LogP contribution in [-0.2, 0) is 11.3 Å². The first kappa shape index (κ1) is 13.4. The lowest BCUT2D eigenvalue weighted by Gasteiger charge is -2.03. The molecule has 0 amide bonds. The maximum Gasteiger partial charge on any atom is 0.341 e. The van der Waals surface area contributed by atoms with Crippen molar-refractivity contribution < 1.29 is 13.9 Å². The van der Waals surface area contributed by atoms with Gasteiger partial charge in [-0.1, -0.05) is 11.6 Å². The number of hydrogen-bond donors (Lipinski definition) is 1. The molecule has 6 heteroatoms. The molecular formula is C13H13ClN2O3. The lowest BCUT2D eigenvalue weighted by Crippen LogP contribution is -2.01. The predicted octanol–water partition coefficient (Wildman–Crippen LogP) is 3.04. The second kappa shape index (κ2) is 5.75. The van der Waals surface area contributed by atoms with Crippen molar-refractivity contribution in [2.75, 3.05) is 12.4 Å². The number of aryl methyl sites for hydroxylation is 1. The van der Waals surface area contributed by atoms with Gasteiger partial charge in [-0.2, -0.15) is 0 Å². The number of esters is 1. The van der Waals surface area contributed by atoms with Crippen molar-refractivity contribution in [3.05, 3.63) is 46.6 Å². The molecule has 19 heavy (non-hydrogen) atoms. The zero-order valence-corrected chi connectivity index (χ0v) is 11.3. The molecule has 5 nitrogen and oxygen atoms in total. The fourth-order valence-electron chi connectivity index (χ4n) is 1.65. The standard InChI is InChI=1S/C13H13ClN2O3/c1-8-11(13(17)18-2)6-10(19-8)7-16-9-3-4-15-12(14)5-9/h3-6H,7H2,1-2H3,(H,15,16). The van der Waals surface area contributed by atoms with E-state index in [9.17, 15) is 4.79 Å². The van der Waals surface area contributed by atoms with Crippen molar-refractivity contribution in [3.63, 3.8) is 0 Å². The SMILES string of the molecule is COC(=O)c1cc(CNc2ccnc(Cl)c2)oc1C. The molecule has 2 aromatic heterocycles. The van der Waals surface area contributed by atoms with E-state index >= 15 is 0 Å². The molecule has 0 spiro atoms. The first-order chi connectivity index (χ1) is 9.10. The Kier molecular flexibility index (Phi) is 4.06. The maximum absolute atomic E-state index is 11.4. The summed E-state index contributed by atoms with van der Waals surface area (Å²) in [6, 6.07) is 5.17. The number of hydrogen-bond acceptors (Lipinski definition) is 5. The van der Waals surface area contributed by atoms with Crippen molar-refractivity contribution in [1.29, 1.82) is 0 Å². The number of pyridine rings is 1. The van der Waals surface area contributed by atoms with Crippen LogP contribution >= 0.6 is 11.6 Å². The van der Waals surface area contributed by atoms with Gasteiger partial charge in [0.1, 0.15) is 22.2 Å². The first-order valence-electron chi connectivity index (χ1n) is 5.63. The summed E-state index contributed by atoms with van der Waals surface area (Å²) in [5.74, 6) is 0.779. The molecule has 0 aromatic carbocycles. The van der Waals surface area contributed by atoms with E-state index < -0.39 is 5.97 Å². The van der Waals surface area contributed by atoms with E-state index in [0.717, 1.165) is 5.69 Å². The second-order valence-corrected chi connectivity index (χ2v) is 4.28. The highest BCUT2D eigenvalue weighted by Crippen LogP contribution is 2.18. The average Bonchev–Trinajstić information content (AvgIpc) is 2.77. The molecule has 0 aliphatic rings. The Morgan fingerprint density at radius 1 is 1.53 bits per heavy atom. The minimum Gasteiger partial charge on any atom is -0.465 e. The van der Waals surface area contributed by atoms with Gasteiger partial charge < -0.3 is 14.5 Å². The number of anilines is 1. The summed E-state index contributed by atoms with van der Waals surface area (Å²) < 4.78 is 10.1. The Balaban J connectivity index is 2.06. The third-order valence-corrected chi connectivity index (χ3v) is 2.77. The molecule has 0 bridgehead atoms. The Bertz CT molecular complexity index is 595. The highest BCUT2D eigenvalue weighted by atomic mass is 35.5. The van der Waals surface area contributed by atoms with Crippen molar-refractivity contribution in [1.82, 2.24) is 4.98 Å². The predicted molar refractivity (Wildman–Crippen MR) is 71.4 cm³/mol. The Morgan fingerprint density at radius 2 is 2.32 bits per heavy atom. The fourth-order valence-corrected chi connectivity index (χ4v) is 1.82. The monoisotopic (exact) mass is 280 g/mol. The zero-order valence-electron chi connectivity index (χ0n) is 10.6. The van der Waals surface area contributed by atoms with Crippen molar-refractivity contribution >= 4 is 23.3 Å². The number of rotatable bonds is 4. The summed E-state index contributed by atoms with van der Waals surface area (Å²) in [6.07, 6.45) is 1.61. The van der Waals surface area contributed by atoms with Gasteiger partial charge in [0.2, 0.25) is 0 Å². The first-order valence-corrected chi connectivity index (χ1v) is 6.01.